The largest absolute Gasteiger partial charge is 0.332 e. The molecule has 0 spiro atoms. The number of nitrogens with zero attached hydrogens (tertiary/aromatic N) is 1. The highest BCUT2D eigenvalue weighted by Gasteiger charge is 2.54. The van der Waals surface area contributed by atoms with Crippen molar-refractivity contribution in [1.29, 1.82) is 0 Å². The van der Waals surface area contributed by atoms with Crippen molar-refractivity contribution in [2.45, 2.75) is 57.0 Å². The zero-order valence-electron chi connectivity index (χ0n) is 14.1. The van der Waals surface area contributed by atoms with Gasteiger partial charge in [0.2, 0.25) is 10.0 Å². The third-order valence-electron chi connectivity index (χ3n) is 5.44. The van der Waals surface area contributed by atoms with E-state index in [0.29, 0.717) is 12.1 Å². The number of amides is 1. The zero-order valence-corrected chi connectivity index (χ0v) is 14.9. The molecule has 1 aromatic rings. The van der Waals surface area contributed by atoms with Gasteiger partial charge in [0, 0.05) is 29.1 Å². The van der Waals surface area contributed by atoms with Gasteiger partial charge in [-0.25, -0.2) is 13.1 Å². The minimum atomic E-state index is -3.47. The molecule has 126 valence electrons. The fourth-order valence-corrected chi connectivity index (χ4v) is 4.11. The minimum Gasteiger partial charge on any atom is -0.332 e. The smallest absolute Gasteiger partial charge is 0.254 e. The van der Waals surface area contributed by atoms with Crippen LogP contribution in [0.3, 0.4) is 0 Å². The molecule has 0 unspecified atom stereocenters. The topological polar surface area (TPSA) is 66.5 Å². The standard InChI is InChI=1S/C17H24N2O3S/c1-16(2)11-19(17(16,3)4)15(20)12-5-9-14(10-6-12)23(21,22)18-13-7-8-13/h5-6,9-10,13,18H,7-8,11H2,1-4H3. The fourth-order valence-electron chi connectivity index (χ4n) is 2.81. The van der Waals surface area contributed by atoms with Crippen LogP contribution in [-0.2, 0) is 10.0 Å². The minimum absolute atomic E-state index is 0.0478. The highest BCUT2D eigenvalue weighted by atomic mass is 32.2. The number of benzene rings is 1. The molecule has 1 aromatic carbocycles. The molecule has 1 aliphatic heterocycles. The van der Waals surface area contributed by atoms with E-state index in [9.17, 15) is 13.2 Å². The third kappa shape index (κ3) is 2.78. The first-order valence-electron chi connectivity index (χ1n) is 7.99. The maximum atomic E-state index is 12.6. The first kappa shape index (κ1) is 16.5. The van der Waals surface area contributed by atoms with Crippen LogP contribution < -0.4 is 4.72 Å². The number of nitrogens with one attached hydrogen (secondary N) is 1. The Morgan fingerprint density at radius 1 is 1.13 bits per heavy atom. The Hall–Kier alpha value is -1.40. The Kier molecular flexibility index (Phi) is 3.61. The van der Waals surface area contributed by atoms with E-state index in [2.05, 4.69) is 32.4 Å². The molecule has 0 bridgehead atoms. The molecular formula is C17H24N2O3S. The Balaban J connectivity index is 1.76. The van der Waals surface area contributed by atoms with Crippen LogP contribution in [0.5, 0.6) is 0 Å². The van der Waals surface area contributed by atoms with E-state index in [0.717, 1.165) is 12.8 Å². The number of carbonyl (C=O) groups excluding carboxylic acids is 1. The van der Waals surface area contributed by atoms with Crippen LogP contribution in [0.2, 0.25) is 0 Å². The summed E-state index contributed by atoms with van der Waals surface area (Å²) in [6.45, 7) is 9.13. The number of hydrogen-bond acceptors (Lipinski definition) is 3. The van der Waals surface area contributed by atoms with E-state index in [1.807, 2.05) is 4.90 Å². The van der Waals surface area contributed by atoms with Gasteiger partial charge in [0.05, 0.1) is 4.90 Å². The van der Waals surface area contributed by atoms with Crippen molar-refractivity contribution in [3.63, 3.8) is 0 Å². The van der Waals surface area contributed by atoms with Gasteiger partial charge in [-0.1, -0.05) is 13.8 Å². The van der Waals surface area contributed by atoms with Gasteiger partial charge < -0.3 is 4.90 Å². The molecule has 6 heteroatoms. The average Bonchev–Trinajstić information content (AvgIpc) is 3.27. The molecule has 1 amide bonds. The molecule has 2 aliphatic rings. The second-order valence-corrected chi connectivity index (χ2v) is 9.47. The number of hydrogen-bond donors (Lipinski definition) is 1. The Morgan fingerprint density at radius 3 is 2.13 bits per heavy atom. The highest BCUT2D eigenvalue weighted by Crippen LogP contribution is 2.46. The van der Waals surface area contributed by atoms with Crippen LogP contribution in [0.1, 0.15) is 50.9 Å². The Morgan fingerprint density at radius 2 is 1.70 bits per heavy atom. The molecule has 0 atom stereocenters. The van der Waals surface area contributed by atoms with E-state index >= 15 is 0 Å². The molecule has 0 radical (unpaired) electrons. The van der Waals surface area contributed by atoms with Crippen molar-refractivity contribution in [3.8, 4) is 0 Å². The molecular weight excluding hydrogens is 312 g/mol. The van der Waals surface area contributed by atoms with Crippen molar-refractivity contribution in [1.82, 2.24) is 9.62 Å². The monoisotopic (exact) mass is 336 g/mol. The highest BCUT2D eigenvalue weighted by molar-refractivity contribution is 7.89. The van der Waals surface area contributed by atoms with E-state index in [1.165, 1.54) is 12.1 Å². The van der Waals surface area contributed by atoms with Gasteiger partial charge in [0.15, 0.2) is 0 Å². The first-order valence-corrected chi connectivity index (χ1v) is 9.47. The summed E-state index contributed by atoms with van der Waals surface area (Å²) in [4.78, 5) is 14.7. The quantitative estimate of drug-likeness (QED) is 0.918. The average molecular weight is 336 g/mol. The number of rotatable bonds is 4. The van der Waals surface area contributed by atoms with Crippen LogP contribution in [0.15, 0.2) is 29.2 Å². The predicted molar refractivity (Wildman–Crippen MR) is 88.7 cm³/mol. The summed E-state index contributed by atoms with van der Waals surface area (Å²) < 4.78 is 26.9. The molecule has 1 aliphatic carbocycles. The molecule has 23 heavy (non-hydrogen) atoms. The van der Waals surface area contributed by atoms with Crippen molar-refractivity contribution >= 4 is 15.9 Å². The van der Waals surface area contributed by atoms with Gasteiger partial charge >= 0.3 is 0 Å². The van der Waals surface area contributed by atoms with Crippen molar-refractivity contribution in [3.05, 3.63) is 29.8 Å². The lowest BCUT2D eigenvalue weighted by molar-refractivity contribution is -0.0881. The maximum absolute atomic E-state index is 12.6. The third-order valence-corrected chi connectivity index (χ3v) is 6.98. The van der Waals surface area contributed by atoms with Crippen LogP contribution in [0, 0.1) is 5.41 Å². The van der Waals surface area contributed by atoms with Gasteiger partial charge in [-0.05, 0) is 51.0 Å². The first-order chi connectivity index (χ1) is 10.5. The van der Waals surface area contributed by atoms with Crippen LogP contribution in [0.25, 0.3) is 0 Å². The van der Waals surface area contributed by atoms with Crippen molar-refractivity contribution in [2.24, 2.45) is 5.41 Å². The Bertz CT molecular complexity index is 732. The summed E-state index contributed by atoms with van der Waals surface area (Å²) in [5.41, 5.74) is 0.404. The van der Waals surface area contributed by atoms with Crippen molar-refractivity contribution < 1.29 is 13.2 Å². The maximum Gasteiger partial charge on any atom is 0.254 e. The molecule has 5 nitrogen and oxygen atoms in total. The summed E-state index contributed by atoms with van der Waals surface area (Å²) in [7, 11) is -3.47. The van der Waals surface area contributed by atoms with Gasteiger partial charge in [0.25, 0.3) is 5.91 Å². The summed E-state index contributed by atoms with van der Waals surface area (Å²) in [5.74, 6) is -0.0478. The Labute approximate surface area is 138 Å². The lowest BCUT2D eigenvalue weighted by atomic mass is 9.65. The van der Waals surface area contributed by atoms with Gasteiger partial charge in [-0.15, -0.1) is 0 Å². The molecule has 1 heterocycles. The fraction of sp³-hybridized carbons (Fsp3) is 0.588. The van der Waals surface area contributed by atoms with E-state index in [1.54, 1.807) is 12.1 Å². The van der Waals surface area contributed by atoms with Gasteiger partial charge in [-0.3, -0.25) is 4.79 Å². The molecule has 1 N–H and O–H groups in total. The summed E-state index contributed by atoms with van der Waals surface area (Å²) >= 11 is 0. The van der Waals surface area contributed by atoms with E-state index < -0.39 is 10.0 Å². The normalized spacial score (nSPS) is 22.5. The summed E-state index contributed by atoms with van der Waals surface area (Å²) in [5, 5.41) is 0. The summed E-state index contributed by atoms with van der Waals surface area (Å²) in [6, 6.07) is 6.30. The van der Waals surface area contributed by atoms with Gasteiger partial charge in [-0.2, -0.15) is 0 Å². The van der Waals surface area contributed by atoms with Gasteiger partial charge in [0.1, 0.15) is 0 Å². The van der Waals surface area contributed by atoms with E-state index in [4.69, 9.17) is 0 Å². The molecule has 0 aromatic heterocycles. The SMILES string of the molecule is CC1(C)CN(C(=O)c2ccc(S(=O)(=O)NC3CC3)cc2)C1(C)C. The van der Waals surface area contributed by atoms with Crippen LogP contribution >= 0.6 is 0 Å². The predicted octanol–water partition coefficient (Wildman–Crippen LogP) is 2.39. The van der Waals surface area contributed by atoms with Crippen LogP contribution in [-0.4, -0.2) is 37.4 Å². The number of likely N-dealkylation sites (tertiary alicyclic amines) is 1. The van der Waals surface area contributed by atoms with Crippen molar-refractivity contribution in [2.75, 3.05) is 6.54 Å². The second-order valence-electron chi connectivity index (χ2n) is 7.75. The molecule has 1 saturated heterocycles. The number of sulfonamides is 1. The molecule has 1 saturated carbocycles. The zero-order chi connectivity index (χ0) is 17.0. The second kappa shape index (κ2) is 5.05. The lowest BCUT2D eigenvalue weighted by Crippen LogP contribution is -2.70. The van der Waals surface area contributed by atoms with Crippen LogP contribution in [0.4, 0.5) is 0 Å². The number of carbonyl (C=O) groups is 1. The lowest BCUT2D eigenvalue weighted by Gasteiger charge is -2.61. The molecule has 2 fully saturated rings. The molecule has 3 rings (SSSR count). The van der Waals surface area contributed by atoms with E-state index in [-0.39, 0.29) is 27.8 Å². The summed E-state index contributed by atoms with van der Waals surface area (Å²) in [6.07, 6.45) is 1.80.